The standard InChI is InChI=1S/C18H12N4O/c19-9-12-5-7-13(8-6-12)22-17(11-23)15-4-2-1-3-14(15)16(10-20)18(22)21/h1-8,11,17H,21H2. The van der Waals surface area contributed by atoms with E-state index in [1.807, 2.05) is 24.3 Å². The summed E-state index contributed by atoms with van der Waals surface area (Å²) < 4.78 is 0. The molecule has 2 N–H and O–H groups in total. The zero-order valence-corrected chi connectivity index (χ0v) is 12.1. The lowest BCUT2D eigenvalue weighted by molar-refractivity contribution is -0.109. The van der Waals surface area contributed by atoms with Gasteiger partial charge in [-0.25, -0.2) is 0 Å². The number of rotatable bonds is 2. The molecule has 0 amide bonds. The first-order valence-corrected chi connectivity index (χ1v) is 6.95. The van der Waals surface area contributed by atoms with Crippen LogP contribution in [0.3, 0.4) is 0 Å². The molecule has 0 aromatic heterocycles. The van der Waals surface area contributed by atoms with Crippen LogP contribution in [-0.4, -0.2) is 6.29 Å². The zero-order chi connectivity index (χ0) is 16.4. The molecule has 110 valence electrons. The molecule has 1 aliphatic heterocycles. The van der Waals surface area contributed by atoms with Crippen molar-refractivity contribution in [2.75, 3.05) is 4.90 Å². The van der Waals surface area contributed by atoms with E-state index in [4.69, 9.17) is 11.0 Å². The van der Waals surface area contributed by atoms with Gasteiger partial charge in [0, 0.05) is 11.3 Å². The number of allylic oxidation sites excluding steroid dienone is 1. The van der Waals surface area contributed by atoms with Crippen molar-refractivity contribution >= 4 is 17.5 Å². The van der Waals surface area contributed by atoms with Crippen molar-refractivity contribution < 1.29 is 4.79 Å². The molecule has 0 aliphatic carbocycles. The van der Waals surface area contributed by atoms with Crippen LogP contribution in [0.1, 0.15) is 22.7 Å². The average molecular weight is 300 g/mol. The van der Waals surface area contributed by atoms with E-state index in [9.17, 15) is 10.1 Å². The summed E-state index contributed by atoms with van der Waals surface area (Å²) in [6, 6.07) is 17.5. The van der Waals surface area contributed by atoms with Crippen LogP contribution in [0.15, 0.2) is 54.4 Å². The number of nitrogens with two attached hydrogens (primary N) is 1. The Hall–Kier alpha value is -3.57. The van der Waals surface area contributed by atoms with Crippen LogP contribution in [0.25, 0.3) is 5.57 Å². The van der Waals surface area contributed by atoms with Crippen molar-refractivity contribution in [2.24, 2.45) is 5.73 Å². The summed E-state index contributed by atoms with van der Waals surface area (Å²) in [5, 5.41) is 18.4. The lowest BCUT2D eigenvalue weighted by Crippen LogP contribution is -2.37. The molecule has 0 saturated carbocycles. The van der Waals surface area contributed by atoms with Crippen LogP contribution in [-0.2, 0) is 4.79 Å². The van der Waals surface area contributed by atoms with Gasteiger partial charge in [-0.2, -0.15) is 10.5 Å². The third kappa shape index (κ3) is 2.21. The van der Waals surface area contributed by atoms with Gasteiger partial charge in [-0.1, -0.05) is 24.3 Å². The number of nitriles is 2. The molecular formula is C18H12N4O. The number of carbonyl (C=O) groups is 1. The molecule has 0 spiro atoms. The molecule has 0 saturated heterocycles. The molecule has 5 nitrogen and oxygen atoms in total. The van der Waals surface area contributed by atoms with Gasteiger partial charge < -0.3 is 15.4 Å². The number of benzene rings is 2. The number of carbonyl (C=O) groups excluding carboxylic acids is 1. The van der Waals surface area contributed by atoms with E-state index in [1.165, 1.54) is 0 Å². The van der Waals surface area contributed by atoms with Crippen LogP contribution in [0.2, 0.25) is 0 Å². The first kappa shape index (κ1) is 14.4. The van der Waals surface area contributed by atoms with Crippen LogP contribution < -0.4 is 10.6 Å². The molecule has 0 radical (unpaired) electrons. The number of hydrogen-bond acceptors (Lipinski definition) is 5. The number of aldehydes is 1. The van der Waals surface area contributed by atoms with Gasteiger partial charge in [0.1, 0.15) is 24.2 Å². The highest BCUT2D eigenvalue weighted by Crippen LogP contribution is 2.38. The molecule has 0 fully saturated rings. The van der Waals surface area contributed by atoms with E-state index in [0.29, 0.717) is 22.4 Å². The lowest BCUT2D eigenvalue weighted by Gasteiger charge is -2.36. The third-order valence-electron chi connectivity index (χ3n) is 3.86. The quantitative estimate of drug-likeness (QED) is 0.860. The topological polar surface area (TPSA) is 93.9 Å². The van der Waals surface area contributed by atoms with Crippen LogP contribution in [0, 0.1) is 22.7 Å². The molecule has 1 aliphatic rings. The fourth-order valence-electron chi connectivity index (χ4n) is 2.78. The fraction of sp³-hybridized carbons (Fsp3) is 0.0556. The second kappa shape index (κ2) is 5.67. The first-order valence-electron chi connectivity index (χ1n) is 6.95. The van der Waals surface area contributed by atoms with E-state index in [1.54, 1.807) is 35.2 Å². The summed E-state index contributed by atoms with van der Waals surface area (Å²) in [7, 11) is 0. The highest BCUT2D eigenvalue weighted by atomic mass is 16.1. The summed E-state index contributed by atoms with van der Waals surface area (Å²) in [6.07, 6.45) is 0.804. The largest absolute Gasteiger partial charge is 0.384 e. The van der Waals surface area contributed by atoms with Gasteiger partial charge in [0.05, 0.1) is 17.2 Å². The van der Waals surface area contributed by atoms with Crippen LogP contribution >= 0.6 is 0 Å². The minimum atomic E-state index is -0.615. The van der Waals surface area contributed by atoms with Crippen molar-refractivity contribution in [1.82, 2.24) is 0 Å². The Labute approximate surface area is 133 Å². The third-order valence-corrected chi connectivity index (χ3v) is 3.86. The Morgan fingerprint density at radius 1 is 1.04 bits per heavy atom. The summed E-state index contributed by atoms with van der Waals surface area (Å²) in [6.45, 7) is 0. The van der Waals surface area contributed by atoms with Crippen molar-refractivity contribution in [1.29, 1.82) is 10.5 Å². The van der Waals surface area contributed by atoms with E-state index >= 15 is 0 Å². The van der Waals surface area contributed by atoms with Gasteiger partial charge in [-0.15, -0.1) is 0 Å². The maximum Gasteiger partial charge on any atom is 0.147 e. The van der Waals surface area contributed by atoms with Gasteiger partial charge in [0.25, 0.3) is 0 Å². The fourth-order valence-corrected chi connectivity index (χ4v) is 2.78. The van der Waals surface area contributed by atoms with Crippen LogP contribution in [0.4, 0.5) is 5.69 Å². The summed E-state index contributed by atoms with van der Waals surface area (Å²) in [5.41, 5.74) is 9.09. The van der Waals surface area contributed by atoms with Gasteiger partial charge in [-0.05, 0) is 29.8 Å². The Balaban J connectivity index is 2.22. The minimum absolute atomic E-state index is 0.230. The normalized spacial score (nSPS) is 16.3. The molecule has 3 rings (SSSR count). The van der Waals surface area contributed by atoms with E-state index in [2.05, 4.69) is 6.07 Å². The molecule has 2 aromatic rings. The molecule has 1 unspecified atom stereocenters. The SMILES string of the molecule is N#CC1=C(N)N(c2ccc(C#N)cc2)C(C=O)c2ccccc21. The lowest BCUT2D eigenvalue weighted by atomic mass is 9.90. The smallest absolute Gasteiger partial charge is 0.147 e. The predicted molar refractivity (Wildman–Crippen MR) is 85.6 cm³/mol. The monoisotopic (exact) mass is 300 g/mol. The van der Waals surface area contributed by atoms with E-state index < -0.39 is 6.04 Å². The first-order chi connectivity index (χ1) is 11.2. The van der Waals surface area contributed by atoms with Crippen molar-refractivity contribution in [3.05, 3.63) is 71.0 Å². The number of anilines is 1. The van der Waals surface area contributed by atoms with Crippen molar-refractivity contribution in [3.8, 4) is 12.1 Å². The average Bonchev–Trinajstić information content (AvgIpc) is 2.61. The van der Waals surface area contributed by atoms with Gasteiger partial charge >= 0.3 is 0 Å². The van der Waals surface area contributed by atoms with E-state index in [-0.39, 0.29) is 5.82 Å². The Morgan fingerprint density at radius 3 is 2.35 bits per heavy atom. The Kier molecular flexibility index (Phi) is 3.54. The summed E-state index contributed by atoms with van der Waals surface area (Å²) in [4.78, 5) is 13.3. The second-order valence-electron chi connectivity index (χ2n) is 5.07. The zero-order valence-electron chi connectivity index (χ0n) is 12.1. The summed E-state index contributed by atoms with van der Waals surface area (Å²) >= 11 is 0. The molecule has 1 heterocycles. The molecule has 2 aromatic carbocycles. The highest BCUT2D eigenvalue weighted by Gasteiger charge is 2.32. The maximum absolute atomic E-state index is 11.7. The second-order valence-corrected chi connectivity index (χ2v) is 5.07. The van der Waals surface area contributed by atoms with E-state index in [0.717, 1.165) is 11.8 Å². The summed E-state index contributed by atoms with van der Waals surface area (Å²) in [5.74, 6) is 0.230. The van der Waals surface area contributed by atoms with Crippen molar-refractivity contribution in [3.63, 3.8) is 0 Å². The molecular weight excluding hydrogens is 288 g/mol. The minimum Gasteiger partial charge on any atom is -0.384 e. The number of hydrogen-bond donors (Lipinski definition) is 1. The number of nitrogens with zero attached hydrogens (tertiary/aromatic N) is 3. The highest BCUT2D eigenvalue weighted by molar-refractivity contribution is 5.90. The predicted octanol–water partition coefficient (Wildman–Crippen LogP) is 2.47. The Morgan fingerprint density at radius 2 is 1.74 bits per heavy atom. The van der Waals surface area contributed by atoms with Gasteiger partial charge in [-0.3, -0.25) is 0 Å². The molecule has 1 atom stereocenters. The van der Waals surface area contributed by atoms with Crippen LogP contribution in [0.5, 0.6) is 0 Å². The molecule has 5 heteroatoms. The maximum atomic E-state index is 11.7. The molecule has 23 heavy (non-hydrogen) atoms. The van der Waals surface area contributed by atoms with Crippen molar-refractivity contribution in [2.45, 2.75) is 6.04 Å². The van der Waals surface area contributed by atoms with Gasteiger partial charge in [0.15, 0.2) is 0 Å². The van der Waals surface area contributed by atoms with Gasteiger partial charge in [0.2, 0.25) is 0 Å². The Bertz CT molecular complexity index is 884. The molecule has 0 bridgehead atoms. The number of fused-ring (bicyclic) bond motifs is 1.